The van der Waals surface area contributed by atoms with E-state index in [1.807, 2.05) is 6.07 Å². The summed E-state index contributed by atoms with van der Waals surface area (Å²) >= 11 is 0. The summed E-state index contributed by atoms with van der Waals surface area (Å²) in [4.78, 5) is 0. The minimum Gasteiger partial charge on any atom is -0.508 e. The highest BCUT2D eigenvalue weighted by Gasteiger charge is 2.50. The van der Waals surface area contributed by atoms with Crippen LogP contribution in [0.4, 0.5) is 0 Å². The van der Waals surface area contributed by atoms with E-state index in [4.69, 9.17) is 14.2 Å². The average molecular weight is 771 g/mol. The minimum atomic E-state index is -1.57. The van der Waals surface area contributed by atoms with E-state index < -0.39 is 71.5 Å². The van der Waals surface area contributed by atoms with Gasteiger partial charge in [0.05, 0.1) is 17.9 Å². The molecule has 0 radical (unpaired) electrons. The van der Waals surface area contributed by atoms with Crippen LogP contribution in [0.15, 0.2) is 115 Å². The van der Waals surface area contributed by atoms with E-state index >= 15 is 0 Å². The number of rotatable bonds is 5. The average Bonchev–Trinajstić information content (AvgIpc) is 3.20. The van der Waals surface area contributed by atoms with Gasteiger partial charge in [-0.2, -0.15) is 0 Å². The monoisotopic (exact) mass is 770 g/mol. The first kappa shape index (κ1) is 36.1. The van der Waals surface area contributed by atoms with Crippen molar-refractivity contribution in [3.8, 4) is 51.7 Å². The van der Waals surface area contributed by atoms with E-state index in [0.29, 0.717) is 16.7 Å². The van der Waals surface area contributed by atoms with Crippen molar-refractivity contribution < 1.29 is 60.2 Å². The molecule has 0 fully saturated rings. The quantitative estimate of drug-likeness (QED) is 0.0959. The Morgan fingerprint density at radius 1 is 0.421 bits per heavy atom. The van der Waals surface area contributed by atoms with Gasteiger partial charge in [-0.1, -0.05) is 91.0 Å². The molecule has 290 valence electrons. The maximum atomic E-state index is 12.5. The largest absolute Gasteiger partial charge is 0.508 e. The fourth-order valence-corrected chi connectivity index (χ4v) is 8.72. The standard InChI is InChI=1S/C45H38O12/c46-24-16-27(48)33-32(17-24)55-42(22-12-6-2-7-13-22)39(53)37(33)35-29(50)20-30(51)36-38(40(54)43(57-45(35)36)23-14-8-3-9-15-23)34-28(49)19-26(47)25-18-31(52)41(56-44(25)34)21-10-4-1-5-11-21/h1-17,19-20,31,37-43,46-54H,18H2/t31-,37-,38-,39-,40-,41-,42-,43-/m1/s1. The Bertz CT molecular complexity index is 2480. The molecule has 0 aliphatic carbocycles. The lowest BCUT2D eigenvalue weighted by molar-refractivity contribution is -0.00552. The number of ether oxygens (including phenoxy) is 3. The summed E-state index contributed by atoms with van der Waals surface area (Å²) in [6, 6.07) is 30.8. The van der Waals surface area contributed by atoms with Gasteiger partial charge in [-0.3, -0.25) is 0 Å². The third-order valence-electron chi connectivity index (χ3n) is 11.2. The van der Waals surface area contributed by atoms with Crippen molar-refractivity contribution in [2.45, 2.75) is 54.9 Å². The molecule has 0 amide bonds. The van der Waals surface area contributed by atoms with Gasteiger partial charge in [-0.25, -0.2) is 0 Å². The highest BCUT2D eigenvalue weighted by Crippen LogP contribution is 2.62. The van der Waals surface area contributed by atoms with Crippen LogP contribution in [0.1, 0.15) is 74.7 Å². The van der Waals surface area contributed by atoms with Gasteiger partial charge in [0, 0.05) is 58.5 Å². The normalized spacial score (nSPS) is 24.8. The zero-order chi connectivity index (χ0) is 39.7. The molecule has 0 saturated heterocycles. The number of fused-ring (bicyclic) bond motifs is 3. The number of aliphatic hydroxyl groups is 3. The predicted molar refractivity (Wildman–Crippen MR) is 204 cm³/mol. The lowest BCUT2D eigenvalue weighted by Crippen LogP contribution is -2.39. The van der Waals surface area contributed by atoms with Gasteiger partial charge < -0.3 is 60.2 Å². The van der Waals surface area contributed by atoms with Gasteiger partial charge in [0.1, 0.15) is 70.1 Å². The van der Waals surface area contributed by atoms with Gasteiger partial charge in [0.2, 0.25) is 0 Å². The summed E-state index contributed by atoms with van der Waals surface area (Å²) in [5.41, 5.74) is 1.55. The summed E-state index contributed by atoms with van der Waals surface area (Å²) in [7, 11) is 0. The molecule has 0 spiro atoms. The van der Waals surface area contributed by atoms with Crippen molar-refractivity contribution in [3.05, 3.63) is 160 Å². The number of aromatic hydroxyl groups is 6. The number of aliphatic hydroxyl groups excluding tert-OH is 3. The molecule has 0 saturated carbocycles. The van der Waals surface area contributed by atoms with Crippen LogP contribution >= 0.6 is 0 Å². The molecular weight excluding hydrogens is 732 g/mol. The van der Waals surface area contributed by atoms with Crippen molar-refractivity contribution in [2.24, 2.45) is 0 Å². The molecule has 3 heterocycles. The summed E-state index contributed by atoms with van der Waals surface area (Å²) in [5, 5.41) is 105. The second-order valence-corrected chi connectivity index (χ2v) is 14.6. The lowest BCUT2D eigenvalue weighted by atomic mass is 9.73. The van der Waals surface area contributed by atoms with E-state index in [0.717, 1.165) is 18.2 Å². The highest BCUT2D eigenvalue weighted by molar-refractivity contribution is 5.70. The zero-order valence-corrected chi connectivity index (χ0v) is 30.0. The first-order valence-corrected chi connectivity index (χ1v) is 18.4. The summed E-state index contributed by atoms with van der Waals surface area (Å²) in [6.45, 7) is 0. The zero-order valence-electron chi connectivity index (χ0n) is 30.0. The third kappa shape index (κ3) is 5.88. The van der Waals surface area contributed by atoms with Crippen molar-refractivity contribution in [1.29, 1.82) is 0 Å². The fourth-order valence-electron chi connectivity index (χ4n) is 8.72. The van der Waals surface area contributed by atoms with Gasteiger partial charge in [-0.15, -0.1) is 0 Å². The van der Waals surface area contributed by atoms with Gasteiger partial charge in [0.15, 0.2) is 12.2 Å². The molecule has 12 nitrogen and oxygen atoms in total. The Hall–Kier alpha value is -6.60. The van der Waals surface area contributed by atoms with E-state index in [-0.39, 0.29) is 63.0 Å². The minimum absolute atomic E-state index is 0.00564. The molecule has 6 aromatic carbocycles. The first-order chi connectivity index (χ1) is 27.5. The molecule has 57 heavy (non-hydrogen) atoms. The molecule has 9 N–H and O–H groups in total. The van der Waals surface area contributed by atoms with Crippen molar-refractivity contribution in [2.75, 3.05) is 0 Å². The molecule has 0 bridgehead atoms. The van der Waals surface area contributed by atoms with Crippen molar-refractivity contribution in [1.82, 2.24) is 0 Å². The van der Waals surface area contributed by atoms with E-state index in [2.05, 4.69) is 0 Å². The van der Waals surface area contributed by atoms with Gasteiger partial charge >= 0.3 is 0 Å². The van der Waals surface area contributed by atoms with Gasteiger partial charge in [0.25, 0.3) is 0 Å². The van der Waals surface area contributed by atoms with Crippen LogP contribution in [-0.4, -0.2) is 64.3 Å². The lowest BCUT2D eigenvalue weighted by Gasteiger charge is -2.43. The highest BCUT2D eigenvalue weighted by atomic mass is 16.5. The molecule has 0 unspecified atom stereocenters. The van der Waals surface area contributed by atoms with E-state index in [9.17, 15) is 46.0 Å². The smallest absolute Gasteiger partial charge is 0.150 e. The Labute approximate surface area is 325 Å². The van der Waals surface area contributed by atoms with E-state index in [1.165, 1.54) is 6.07 Å². The number of phenolic OH excluding ortho intramolecular Hbond substituents is 6. The molecule has 12 heteroatoms. The van der Waals surface area contributed by atoms with Crippen molar-refractivity contribution >= 4 is 0 Å². The van der Waals surface area contributed by atoms with Crippen LogP contribution < -0.4 is 14.2 Å². The Balaban J connectivity index is 1.31. The van der Waals surface area contributed by atoms with Gasteiger partial charge in [-0.05, 0) is 16.7 Å². The van der Waals surface area contributed by atoms with Crippen LogP contribution in [0.25, 0.3) is 0 Å². The van der Waals surface area contributed by atoms with Crippen LogP contribution in [0.2, 0.25) is 0 Å². The van der Waals surface area contributed by atoms with Crippen molar-refractivity contribution in [3.63, 3.8) is 0 Å². The summed E-state index contributed by atoms with van der Waals surface area (Å²) < 4.78 is 19.3. The molecular formula is C45H38O12. The molecule has 3 aliphatic heterocycles. The molecule has 0 aromatic heterocycles. The second-order valence-electron chi connectivity index (χ2n) is 14.6. The summed E-state index contributed by atoms with van der Waals surface area (Å²) in [5.74, 6) is -5.65. The van der Waals surface area contributed by atoms with Crippen LogP contribution in [0, 0.1) is 0 Å². The maximum absolute atomic E-state index is 12.5. The van der Waals surface area contributed by atoms with Crippen LogP contribution in [-0.2, 0) is 6.42 Å². The SMILES string of the molecule is Oc1cc(O)c2c(c1)O[C@H](c1ccccc1)[C@H](O)[C@H]2c1c(O)cc(O)c2c1O[C@H](c1ccccc1)[C@H](O)[C@@H]2c1c(O)cc(O)c2c1O[C@H](c1ccccc1)[C@H](O)C2. The number of hydrogen-bond donors (Lipinski definition) is 9. The number of phenols is 6. The first-order valence-electron chi connectivity index (χ1n) is 18.4. The Morgan fingerprint density at radius 3 is 1.39 bits per heavy atom. The molecule has 8 atom stereocenters. The van der Waals surface area contributed by atoms with Crippen LogP contribution in [0.5, 0.6) is 51.7 Å². The Morgan fingerprint density at radius 2 is 0.842 bits per heavy atom. The number of hydrogen-bond acceptors (Lipinski definition) is 12. The Kier molecular flexibility index (Phi) is 8.76. The van der Waals surface area contributed by atoms with E-state index in [1.54, 1.807) is 84.9 Å². The molecule has 6 aromatic rings. The topological polar surface area (TPSA) is 210 Å². The maximum Gasteiger partial charge on any atom is 0.150 e. The molecule has 3 aliphatic rings. The summed E-state index contributed by atoms with van der Waals surface area (Å²) in [6.07, 6.45) is -7.57. The molecule has 9 rings (SSSR count). The van der Waals surface area contributed by atoms with Crippen LogP contribution in [0.3, 0.4) is 0 Å². The third-order valence-corrected chi connectivity index (χ3v) is 11.2. The fraction of sp³-hybridized carbons (Fsp3) is 0.200. The second kappa shape index (κ2) is 13.9. The predicted octanol–water partition coefficient (Wildman–Crippen LogP) is 6.21. The number of benzene rings is 6.